The molecule has 15 heavy (non-hydrogen) atoms. The van der Waals surface area contributed by atoms with E-state index in [1.165, 1.54) is 0 Å². The van der Waals surface area contributed by atoms with Crippen LogP contribution in [0.15, 0.2) is 54.7 Å². The third-order valence-electron chi connectivity index (χ3n) is 2.20. The second-order valence-electron chi connectivity index (χ2n) is 3.34. The standard InChI is InChI=1S/C13H13NO/c1-11(12-7-3-2-4-8-12)15-13-9-5-6-10-14-13/h2-11H,1H3. The van der Waals surface area contributed by atoms with E-state index in [2.05, 4.69) is 4.98 Å². The molecule has 0 aliphatic carbocycles. The van der Waals surface area contributed by atoms with E-state index in [4.69, 9.17) is 4.74 Å². The molecule has 76 valence electrons. The number of hydrogen-bond acceptors (Lipinski definition) is 2. The summed E-state index contributed by atoms with van der Waals surface area (Å²) in [5, 5.41) is 0. The molecular weight excluding hydrogens is 186 g/mol. The first-order valence-electron chi connectivity index (χ1n) is 4.99. The van der Waals surface area contributed by atoms with Crippen LogP contribution in [-0.4, -0.2) is 4.98 Å². The minimum Gasteiger partial charge on any atom is -0.470 e. The zero-order chi connectivity index (χ0) is 10.5. The minimum atomic E-state index is 0.0288. The Morgan fingerprint density at radius 2 is 1.73 bits per heavy atom. The van der Waals surface area contributed by atoms with Gasteiger partial charge in [-0.3, -0.25) is 0 Å². The third kappa shape index (κ3) is 2.56. The summed E-state index contributed by atoms with van der Waals surface area (Å²) in [5.74, 6) is 0.661. The van der Waals surface area contributed by atoms with Crippen molar-refractivity contribution in [2.75, 3.05) is 0 Å². The highest BCUT2D eigenvalue weighted by atomic mass is 16.5. The van der Waals surface area contributed by atoms with E-state index in [1.54, 1.807) is 6.20 Å². The van der Waals surface area contributed by atoms with Gasteiger partial charge in [-0.1, -0.05) is 36.4 Å². The van der Waals surface area contributed by atoms with Gasteiger partial charge >= 0.3 is 0 Å². The summed E-state index contributed by atoms with van der Waals surface area (Å²) in [5.41, 5.74) is 1.16. The van der Waals surface area contributed by atoms with E-state index < -0.39 is 0 Å². The molecule has 0 N–H and O–H groups in total. The van der Waals surface area contributed by atoms with Gasteiger partial charge in [-0.15, -0.1) is 0 Å². The van der Waals surface area contributed by atoms with Gasteiger partial charge in [0.25, 0.3) is 0 Å². The van der Waals surface area contributed by atoms with Gasteiger partial charge in [0.15, 0.2) is 0 Å². The van der Waals surface area contributed by atoms with Gasteiger partial charge in [-0.25, -0.2) is 4.98 Å². The molecule has 0 aliphatic rings. The van der Waals surface area contributed by atoms with Crippen LogP contribution in [0.3, 0.4) is 0 Å². The van der Waals surface area contributed by atoms with Crippen LogP contribution in [0.25, 0.3) is 0 Å². The second-order valence-corrected chi connectivity index (χ2v) is 3.34. The number of pyridine rings is 1. The lowest BCUT2D eigenvalue weighted by Gasteiger charge is -2.13. The molecule has 2 heteroatoms. The number of hydrogen-bond donors (Lipinski definition) is 0. The molecule has 2 rings (SSSR count). The van der Waals surface area contributed by atoms with E-state index in [0.29, 0.717) is 5.88 Å². The van der Waals surface area contributed by atoms with Gasteiger partial charge in [-0.2, -0.15) is 0 Å². The highest BCUT2D eigenvalue weighted by molar-refractivity contribution is 5.19. The lowest BCUT2D eigenvalue weighted by Crippen LogP contribution is -2.03. The van der Waals surface area contributed by atoms with Crippen molar-refractivity contribution >= 4 is 0 Å². The summed E-state index contributed by atoms with van der Waals surface area (Å²) in [6, 6.07) is 15.8. The maximum absolute atomic E-state index is 5.69. The van der Waals surface area contributed by atoms with Gasteiger partial charge in [0.2, 0.25) is 5.88 Å². The lowest BCUT2D eigenvalue weighted by atomic mass is 10.1. The van der Waals surface area contributed by atoms with Crippen molar-refractivity contribution in [3.05, 3.63) is 60.3 Å². The smallest absolute Gasteiger partial charge is 0.213 e. The van der Waals surface area contributed by atoms with Crippen molar-refractivity contribution in [1.29, 1.82) is 0 Å². The number of nitrogens with zero attached hydrogens (tertiary/aromatic N) is 1. The summed E-state index contributed by atoms with van der Waals surface area (Å²) in [6.45, 7) is 2.02. The maximum Gasteiger partial charge on any atom is 0.213 e. The number of aromatic nitrogens is 1. The summed E-state index contributed by atoms with van der Waals surface area (Å²) in [4.78, 5) is 4.12. The summed E-state index contributed by atoms with van der Waals surface area (Å²) in [6.07, 6.45) is 1.76. The molecule has 0 amide bonds. The average molecular weight is 199 g/mol. The second kappa shape index (κ2) is 4.60. The first-order chi connectivity index (χ1) is 7.36. The number of ether oxygens (including phenoxy) is 1. The van der Waals surface area contributed by atoms with Gasteiger partial charge in [0.1, 0.15) is 6.10 Å². The van der Waals surface area contributed by atoms with Crippen molar-refractivity contribution in [2.45, 2.75) is 13.0 Å². The molecule has 0 radical (unpaired) electrons. The Morgan fingerprint density at radius 1 is 1.00 bits per heavy atom. The monoisotopic (exact) mass is 199 g/mol. The van der Waals surface area contributed by atoms with E-state index in [-0.39, 0.29) is 6.10 Å². The molecular formula is C13H13NO. The van der Waals surface area contributed by atoms with E-state index >= 15 is 0 Å². The van der Waals surface area contributed by atoms with Gasteiger partial charge in [0, 0.05) is 12.3 Å². The average Bonchev–Trinajstić information content (AvgIpc) is 2.31. The largest absolute Gasteiger partial charge is 0.470 e. The third-order valence-corrected chi connectivity index (χ3v) is 2.20. The fraction of sp³-hybridized carbons (Fsp3) is 0.154. The quantitative estimate of drug-likeness (QED) is 0.757. The van der Waals surface area contributed by atoms with Crippen molar-refractivity contribution in [1.82, 2.24) is 4.98 Å². The predicted molar refractivity (Wildman–Crippen MR) is 59.7 cm³/mol. The fourth-order valence-electron chi connectivity index (χ4n) is 1.39. The summed E-state index contributed by atoms with van der Waals surface area (Å²) < 4.78 is 5.69. The van der Waals surface area contributed by atoms with Crippen LogP contribution in [0, 0.1) is 0 Å². The van der Waals surface area contributed by atoms with E-state index in [1.807, 2.05) is 55.5 Å². The van der Waals surface area contributed by atoms with Crippen molar-refractivity contribution in [3.63, 3.8) is 0 Å². The molecule has 1 heterocycles. The number of benzene rings is 1. The molecule has 1 atom stereocenters. The maximum atomic E-state index is 5.69. The Kier molecular flexibility index (Phi) is 2.98. The van der Waals surface area contributed by atoms with Gasteiger partial charge < -0.3 is 4.74 Å². The van der Waals surface area contributed by atoms with Crippen molar-refractivity contribution in [3.8, 4) is 5.88 Å². The molecule has 2 aromatic rings. The molecule has 0 fully saturated rings. The van der Waals surface area contributed by atoms with E-state index in [9.17, 15) is 0 Å². The molecule has 2 nitrogen and oxygen atoms in total. The molecule has 0 saturated carbocycles. The van der Waals surface area contributed by atoms with Crippen LogP contribution in [0.5, 0.6) is 5.88 Å². The zero-order valence-corrected chi connectivity index (χ0v) is 8.63. The Morgan fingerprint density at radius 3 is 2.40 bits per heavy atom. The Balaban J connectivity index is 2.08. The SMILES string of the molecule is CC(Oc1ccccn1)c1ccccc1. The zero-order valence-electron chi connectivity index (χ0n) is 8.63. The Bertz CT molecular complexity index is 399. The molecule has 0 spiro atoms. The Labute approximate surface area is 89.6 Å². The van der Waals surface area contributed by atoms with Crippen molar-refractivity contribution < 1.29 is 4.74 Å². The van der Waals surface area contributed by atoms with Crippen LogP contribution in [0.1, 0.15) is 18.6 Å². The number of rotatable bonds is 3. The summed E-state index contributed by atoms with van der Waals surface area (Å²) in [7, 11) is 0. The van der Waals surface area contributed by atoms with Gasteiger partial charge in [0.05, 0.1) is 0 Å². The topological polar surface area (TPSA) is 22.1 Å². The van der Waals surface area contributed by atoms with Crippen LogP contribution >= 0.6 is 0 Å². The normalized spacial score (nSPS) is 12.1. The molecule has 0 saturated heterocycles. The fourth-order valence-corrected chi connectivity index (χ4v) is 1.39. The highest BCUT2D eigenvalue weighted by Crippen LogP contribution is 2.18. The minimum absolute atomic E-state index is 0.0288. The Hall–Kier alpha value is -1.83. The van der Waals surface area contributed by atoms with Gasteiger partial charge in [-0.05, 0) is 18.6 Å². The first-order valence-corrected chi connectivity index (χ1v) is 4.99. The molecule has 1 aromatic heterocycles. The molecule has 1 aromatic carbocycles. The molecule has 1 unspecified atom stereocenters. The van der Waals surface area contributed by atoms with E-state index in [0.717, 1.165) is 5.56 Å². The first kappa shape index (κ1) is 9.71. The summed E-state index contributed by atoms with van der Waals surface area (Å²) >= 11 is 0. The van der Waals surface area contributed by atoms with Crippen LogP contribution in [-0.2, 0) is 0 Å². The van der Waals surface area contributed by atoms with Crippen LogP contribution in [0.4, 0.5) is 0 Å². The highest BCUT2D eigenvalue weighted by Gasteiger charge is 2.06. The predicted octanol–water partition coefficient (Wildman–Crippen LogP) is 3.22. The van der Waals surface area contributed by atoms with Crippen LogP contribution < -0.4 is 4.74 Å². The van der Waals surface area contributed by atoms with Crippen LogP contribution in [0.2, 0.25) is 0 Å². The molecule has 0 aliphatic heterocycles. The lowest BCUT2D eigenvalue weighted by molar-refractivity contribution is 0.217. The molecule has 0 bridgehead atoms. The van der Waals surface area contributed by atoms with Crippen molar-refractivity contribution in [2.24, 2.45) is 0 Å².